The number of aliphatic carboxylic acids is 1. The number of piperidine rings is 1. The van der Waals surface area contributed by atoms with Gasteiger partial charge < -0.3 is 9.84 Å². The maximum Gasteiger partial charge on any atom is 0.320 e. The minimum Gasteiger partial charge on any atom is -0.494 e. The monoisotopic (exact) mass is 389 g/mol. The molecule has 4 nitrogen and oxygen atoms in total. The summed E-state index contributed by atoms with van der Waals surface area (Å²) in [6, 6.07) is 22.3. The van der Waals surface area contributed by atoms with Gasteiger partial charge in [-0.3, -0.25) is 9.69 Å². The van der Waals surface area contributed by atoms with Crippen LogP contribution < -0.4 is 4.74 Å². The van der Waals surface area contributed by atoms with Crippen molar-refractivity contribution in [2.75, 3.05) is 13.2 Å². The zero-order chi connectivity index (χ0) is 20.2. The van der Waals surface area contributed by atoms with Crippen LogP contribution in [0.5, 0.6) is 5.75 Å². The molecule has 1 saturated heterocycles. The molecule has 1 aliphatic rings. The Bertz CT molecular complexity index is 983. The lowest BCUT2D eigenvalue weighted by Crippen LogP contribution is -2.46. The molecule has 4 heteroatoms. The van der Waals surface area contributed by atoms with Crippen LogP contribution >= 0.6 is 0 Å². The standard InChI is InChI=1S/C25H27NO3/c1-2-29-22-14-12-19(13-15-22)24(26-16-6-5-9-23(26)25(27)28)21-11-10-18-7-3-4-8-20(18)17-21/h3-4,7-8,10-15,17,23-24H,2,5-6,9,16H2,1H3,(H,27,28). The number of hydrogen-bond donors (Lipinski definition) is 1. The van der Waals surface area contributed by atoms with Crippen molar-refractivity contribution in [3.63, 3.8) is 0 Å². The molecule has 2 atom stereocenters. The Morgan fingerprint density at radius 1 is 1.03 bits per heavy atom. The highest BCUT2D eigenvalue weighted by Gasteiger charge is 2.35. The second-order valence-electron chi connectivity index (χ2n) is 7.60. The summed E-state index contributed by atoms with van der Waals surface area (Å²) >= 11 is 0. The van der Waals surface area contributed by atoms with Crippen molar-refractivity contribution in [2.24, 2.45) is 0 Å². The van der Waals surface area contributed by atoms with Gasteiger partial charge in [-0.05, 0) is 66.4 Å². The molecule has 0 bridgehead atoms. The second-order valence-corrected chi connectivity index (χ2v) is 7.60. The fourth-order valence-corrected chi connectivity index (χ4v) is 4.39. The van der Waals surface area contributed by atoms with Gasteiger partial charge in [-0.15, -0.1) is 0 Å². The van der Waals surface area contributed by atoms with E-state index < -0.39 is 12.0 Å². The van der Waals surface area contributed by atoms with E-state index in [2.05, 4.69) is 47.4 Å². The smallest absolute Gasteiger partial charge is 0.320 e. The normalized spacial score (nSPS) is 18.4. The van der Waals surface area contributed by atoms with Gasteiger partial charge in [-0.25, -0.2) is 0 Å². The largest absolute Gasteiger partial charge is 0.494 e. The van der Waals surface area contributed by atoms with E-state index in [0.717, 1.165) is 36.3 Å². The van der Waals surface area contributed by atoms with E-state index in [9.17, 15) is 9.90 Å². The van der Waals surface area contributed by atoms with Gasteiger partial charge >= 0.3 is 5.97 Å². The SMILES string of the molecule is CCOc1ccc(C(c2ccc3ccccc3c2)N2CCCCC2C(=O)O)cc1. The van der Waals surface area contributed by atoms with E-state index in [1.165, 1.54) is 10.8 Å². The number of carbonyl (C=O) groups is 1. The first-order valence-corrected chi connectivity index (χ1v) is 10.4. The highest BCUT2D eigenvalue weighted by atomic mass is 16.5. The lowest BCUT2D eigenvalue weighted by Gasteiger charge is -2.39. The molecule has 150 valence electrons. The maximum absolute atomic E-state index is 12.0. The number of hydrogen-bond acceptors (Lipinski definition) is 3. The molecule has 1 fully saturated rings. The Hall–Kier alpha value is -2.85. The van der Waals surface area contributed by atoms with Crippen molar-refractivity contribution in [2.45, 2.75) is 38.3 Å². The van der Waals surface area contributed by atoms with Crippen LogP contribution in [-0.4, -0.2) is 35.2 Å². The predicted octanol–water partition coefficient (Wildman–Crippen LogP) is 5.27. The minimum absolute atomic E-state index is 0.100. The van der Waals surface area contributed by atoms with Crippen LogP contribution in [0.1, 0.15) is 43.4 Å². The van der Waals surface area contributed by atoms with Gasteiger partial charge in [-0.2, -0.15) is 0 Å². The Morgan fingerprint density at radius 3 is 2.48 bits per heavy atom. The molecule has 1 aliphatic heterocycles. The fraction of sp³-hybridized carbons (Fsp3) is 0.320. The van der Waals surface area contributed by atoms with Gasteiger partial charge in [0.05, 0.1) is 12.6 Å². The maximum atomic E-state index is 12.0. The van der Waals surface area contributed by atoms with E-state index in [-0.39, 0.29) is 6.04 Å². The fourth-order valence-electron chi connectivity index (χ4n) is 4.39. The number of nitrogens with zero attached hydrogens (tertiary/aromatic N) is 1. The van der Waals surface area contributed by atoms with Crippen LogP contribution in [0.3, 0.4) is 0 Å². The molecule has 0 radical (unpaired) electrons. The lowest BCUT2D eigenvalue weighted by atomic mass is 9.90. The van der Waals surface area contributed by atoms with E-state index in [1.807, 2.05) is 31.2 Å². The molecule has 1 heterocycles. The van der Waals surface area contributed by atoms with Gasteiger partial charge in [0.25, 0.3) is 0 Å². The van der Waals surface area contributed by atoms with Gasteiger partial charge in [0.15, 0.2) is 0 Å². The number of rotatable bonds is 6. The van der Waals surface area contributed by atoms with Crippen LogP contribution in [0, 0.1) is 0 Å². The van der Waals surface area contributed by atoms with E-state index in [1.54, 1.807) is 0 Å². The molecule has 3 aromatic carbocycles. The van der Waals surface area contributed by atoms with Gasteiger partial charge in [0, 0.05) is 0 Å². The molecule has 1 N–H and O–H groups in total. The quantitative estimate of drug-likeness (QED) is 0.624. The second kappa shape index (κ2) is 8.66. The average molecular weight is 389 g/mol. The van der Waals surface area contributed by atoms with Crippen LogP contribution in [0.15, 0.2) is 66.7 Å². The van der Waals surface area contributed by atoms with Crippen LogP contribution in [0.25, 0.3) is 10.8 Å². The number of benzene rings is 3. The number of likely N-dealkylation sites (tertiary alicyclic amines) is 1. The van der Waals surface area contributed by atoms with Crippen molar-refractivity contribution >= 4 is 16.7 Å². The number of carboxylic acid groups (broad SMARTS) is 1. The number of carboxylic acids is 1. The zero-order valence-electron chi connectivity index (χ0n) is 16.8. The first-order valence-electron chi connectivity index (χ1n) is 10.4. The van der Waals surface area contributed by atoms with Crippen molar-refractivity contribution in [1.82, 2.24) is 4.90 Å². The highest BCUT2D eigenvalue weighted by Crippen LogP contribution is 2.36. The Balaban J connectivity index is 1.79. The summed E-state index contributed by atoms with van der Waals surface area (Å²) in [5.74, 6) is 0.100. The highest BCUT2D eigenvalue weighted by molar-refractivity contribution is 5.83. The lowest BCUT2D eigenvalue weighted by molar-refractivity contribution is -0.145. The summed E-state index contributed by atoms with van der Waals surface area (Å²) in [4.78, 5) is 14.2. The third kappa shape index (κ3) is 4.13. The molecule has 2 unspecified atom stereocenters. The Labute approximate surface area is 171 Å². The molecule has 0 spiro atoms. The van der Waals surface area contributed by atoms with E-state index >= 15 is 0 Å². The number of ether oxygens (including phenoxy) is 1. The van der Waals surface area contributed by atoms with Gasteiger partial charge in [-0.1, -0.05) is 55.0 Å². The van der Waals surface area contributed by atoms with Gasteiger partial charge in [0.1, 0.15) is 11.8 Å². The third-order valence-corrected chi connectivity index (χ3v) is 5.76. The summed E-state index contributed by atoms with van der Waals surface area (Å²) in [6.45, 7) is 3.37. The first-order chi connectivity index (χ1) is 14.2. The molecular weight excluding hydrogens is 362 g/mol. The third-order valence-electron chi connectivity index (χ3n) is 5.76. The molecule has 29 heavy (non-hydrogen) atoms. The molecule has 0 aromatic heterocycles. The number of fused-ring (bicyclic) bond motifs is 1. The molecule has 3 aromatic rings. The van der Waals surface area contributed by atoms with Crippen LogP contribution in [0.4, 0.5) is 0 Å². The molecule has 0 aliphatic carbocycles. The average Bonchev–Trinajstić information content (AvgIpc) is 2.75. The van der Waals surface area contributed by atoms with E-state index in [0.29, 0.717) is 13.0 Å². The summed E-state index contributed by atoms with van der Waals surface area (Å²) in [5.41, 5.74) is 2.22. The van der Waals surface area contributed by atoms with Crippen LogP contribution in [-0.2, 0) is 4.79 Å². The molecule has 4 rings (SSSR count). The summed E-state index contributed by atoms with van der Waals surface area (Å²) in [5, 5.41) is 12.2. The predicted molar refractivity (Wildman–Crippen MR) is 115 cm³/mol. The zero-order valence-corrected chi connectivity index (χ0v) is 16.8. The molecular formula is C25H27NO3. The summed E-state index contributed by atoms with van der Waals surface area (Å²) in [7, 11) is 0. The van der Waals surface area contributed by atoms with Crippen molar-refractivity contribution in [3.8, 4) is 5.75 Å². The van der Waals surface area contributed by atoms with Gasteiger partial charge in [0.2, 0.25) is 0 Å². The topological polar surface area (TPSA) is 49.8 Å². The summed E-state index contributed by atoms with van der Waals surface area (Å²) < 4.78 is 5.60. The molecule has 0 saturated carbocycles. The van der Waals surface area contributed by atoms with Crippen LogP contribution in [0.2, 0.25) is 0 Å². The Kier molecular flexibility index (Phi) is 5.81. The Morgan fingerprint density at radius 2 is 1.76 bits per heavy atom. The minimum atomic E-state index is -0.735. The van der Waals surface area contributed by atoms with E-state index in [4.69, 9.17) is 4.74 Å². The van der Waals surface area contributed by atoms with Crippen molar-refractivity contribution in [3.05, 3.63) is 77.9 Å². The molecule has 0 amide bonds. The first kappa shape index (κ1) is 19.5. The van der Waals surface area contributed by atoms with Crippen molar-refractivity contribution in [1.29, 1.82) is 0 Å². The van der Waals surface area contributed by atoms with Crippen molar-refractivity contribution < 1.29 is 14.6 Å². The summed E-state index contributed by atoms with van der Waals surface area (Å²) in [6.07, 6.45) is 2.67.